The highest BCUT2D eigenvalue weighted by molar-refractivity contribution is 6.31. The maximum absolute atomic E-state index is 12.4. The number of rotatable bonds is 3. The standard InChI is InChI=1S/C10H8ClFN4O.C2HF3O2/c11-8(12)10(17)15-7-3-1-6(2-4-7)9-13-5-14-16-9;3-2(4,5)1(6)7/h1-5,8H,(H,15,17)(H,13,14,16);(H,6,7). The fourth-order valence-electron chi connectivity index (χ4n) is 1.25. The lowest BCUT2D eigenvalue weighted by molar-refractivity contribution is -0.192. The summed E-state index contributed by atoms with van der Waals surface area (Å²) in [6.45, 7) is 0. The Labute approximate surface area is 136 Å². The molecular formula is C12H9ClF4N4O3. The van der Waals surface area contributed by atoms with E-state index in [9.17, 15) is 22.4 Å². The van der Waals surface area contributed by atoms with Crippen molar-refractivity contribution in [1.29, 1.82) is 0 Å². The van der Waals surface area contributed by atoms with Crippen molar-refractivity contribution in [2.75, 3.05) is 5.32 Å². The average Bonchev–Trinajstić information content (AvgIpc) is 3.01. The number of carboxylic acids is 1. The summed E-state index contributed by atoms with van der Waals surface area (Å²) in [4.78, 5) is 23.8. The molecule has 0 aliphatic rings. The number of nitrogens with one attached hydrogen (secondary N) is 2. The predicted octanol–water partition coefficient (Wildman–Crippen LogP) is 2.58. The topological polar surface area (TPSA) is 108 Å². The molecule has 0 bridgehead atoms. The summed E-state index contributed by atoms with van der Waals surface area (Å²) >= 11 is 4.99. The van der Waals surface area contributed by atoms with Gasteiger partial charge < -0.3 is 10.4 Å². The van der Waals surface area contributed by atoms with Crippen molar-refractivity contribution in [1.82, 2.24) is 15.2 Å². The lowest BCUT2D eigenvalue weighted by Crippen LogP contribution is -2.21. The molecule has 2 rings (SSSR count). The summed E-state index contributed by atoms with van der Waals surface area (Å²) in [6.07, 6.45) is -3.69. The van der Waals surface area contributed by atoms with Crippen LogP contribution in [0, 0.1) is 0 Å². The van der Waals surface area contributed by atoms with Gasteiger partial charge >= 0.3 is 12.1 Å². The van der Waals surface area contributed by atoms with Crippen LogP contribution in [0.25, 0.3) is 11.4 Å². The number of carboxylic acid groups (broad SMARTS) is 1. The average molecular weight is 369 g/mol. The third-order valence-corrected chi connectivity index (χ3v) is 2.48. The Balaban J connectivity index is 0.000000351. The van der Waals surface area contributed by atoms with E-state index < -0.39 is 23.7 Å². The van der Waals surface area contributed by atoms with E-state index in [4.69, 9.17) is 21.5 Å². The number of carbonyl (C=O) groups is 2. The lowest BCUT2D eigenvalue weighted by atomic mass is 10.2. The number of halogens is 5. The molecule has 3 N–H and O–H groups in total. The van der Waals surface area contributed by atoms with Crippen LogP contribution in [0.3, 0.4) is 0 Å². The van der Waals surface area contributed by atoms with E-state index in [0.29, 0.717) is 11.5 Å². The van der Waals surface area contributed by atoms with Gasteiger partial charge in [0.25, 0.3) is 11.5 Å². The summed E-state index contributed by atoms with van der Waals surface area (Å²) in [5.41, 5.74) is -0.784. The van der Waals surface area contributed by atoms with Crippen molar-refractivity contribution < 1.29 is 32.3 Å². The fourth-order valence-corrected chi connectivity index (χ4v) is 1.31. The number of anilines is 1. The van der Waals surface area contributed by atoms with E-state index in [1.54, 1.807) is 24.3 Å². The first-order chi connectivity index (χ1) is 11.1. The molecule has 1 aromatic heterocycles. The van der Waals surface area contributed by atoms with E-state index in [1.807, 2.05) is 0 Å². The predicted molar refractivity (Wildman–Crippen MR) is 74.9 cm³/mol. The maximum Gasteiger partial charge on any atom is 0.490 e. The first-order valence-corrected chi connectivity index (χ1v) is 6.40. The number of aromatic amines is 1. The van der Waals surface area contributed by atoms with Crippen molar-refractivity contribution in [3.05, 3.63) is 30.6 Å². The number of benzene rings is 1. The van der Waals surface area contributed by atoms with Gasteiger partial charge in [0.15, 0.2) is 5.82 Å². The second-order valence-electron chi connectivity index (χ2n) is 4.00. The quantitative estimate of drug-likeness (QED) is 0.570. The maximum atomic E-state index is 12.4. The van der Waals surface area contributed by atoms with Gasteiger partial charge in [-0.3, -0.25) is 9.89 Å². The number of amides is 1. The second kappa shape index (κ2) is 8.24. The van der Waals surface area contributed by atoms with Crippen LogP contribution < -0.4 is 5.32 Å². The Morgan fingerprint density at radius 2 is 1.79 bits per heavy atom. The van der Waals surface area contributed by atoms with Gasteiger partial charge in [0, 0.05) is 11.3 Å². The molecule has 1 amide bonds. The monoisotopic (exact) mass is 368 g/mol. The van der Waals surface area contributed by atoms with Crippen LogP contribution in [-0.4, -0.2) is 44.0 Å². The molecule has 7 nitrogen and oxygen atoms in total. The molecule has 0 saturated heterocycles. The molecule has 24 heavy (non-hydrogen) atoms. The van der Waals surface area contributed by atoms with Gasteiger partial charge in [-0.1, -0.05) is 11.6 Å². The highest BCUT2D eigenvalue weighted by Gasteiger charge is 2.38. The minimum Gasteiger partial charge on any atom is -0.475 e. The molecule has 0 spiro atoms. The fraction of sp³-hybridized carbons (Fsp3) is 0.167. The first-order valence-electron chi connectivity index (χ1n) is 5.96. The van der Waals surface area contributed by atoms with Gasteiger partial charge in [-0.15, -0.1) is 0 Å². The number of hydrogen-bond donors (Lipinski definition) is 3. The summed E-state index contributed by atoms with van der Waals surface area (Å²) in [5, 5.41) is 15.9. The zero-order chi connectivity index (χ0) is 18.3. The minimum atomic E-state index is -5.08. The van der Waals surface area contributed by atoms with Crippen molar-refractivity contribution >= 4 is 29.2 Å². The minimum absolute atomic E-state index is 0.460. The molecule has 1 heterocycles. The highest BCUT2D eigenvalue weighted by Crippen LogP contribution is 2.17. The zero-order valence-corrected chi connectivity index (χ0v) is 12.3. The zero-order valence-electron chi connectivity index (χ0n) is 11.5. The SMILES string of the molecule is O=C(Nc1ccc(-c2ncn[nH]2)cc1)C(F)Cl.O=C(O)C(F)(F)F. The van der Waals surface area contributed by atoms with Crippen LogP contribution in [-0.2, 0) is 9.59 Å². The van der Waals surface area contributed by atoms with Crippen LogP contribution in [0.1, 0.15) is 0 Å². The van der Waals surface area contributed by atoms with E-state index in [2.05, 4.69) is 20.5 Å². The number of carbonyl (C=O) groups excluding carboxylic acids is 1. The van der Waals surface area contributed by atoms with Crippen molar-refractivity contribution in [2.45, 2.75) is 11.8 Å². The van der Waals surface area contributed by atoms with Gasteiger partial charge in [0.2, 0.25) is 0 Å². The Morgan fingerprint density at radius 1 is 1.25 bits per heavy atom. The van der Waals surface area contributed by atoms with E-state index in [0.717, 1.165) is 5.56 Å². The smallest absolute Gasteiger partial charge is 0.475 e. The number of alkyl halides is 5. The van der Waals surface area contributed by atoms with Gasteiger partial charge in [-0.25, -0.2) is 14.2 Å². The number of H-pyrrole nitrogens is 1. The Kier molecular flexibility index (Phi) is 6.65. The summed E-state index contributed by atoms with van der Waals surface area (Å²) in [6, 6.07) is 6.68. The molecule has 0 aliphatic carbocycles. The van der Waals surface area contributed by atoms with Crippen LogP contribution >= 0.6 is 11.6 Å². The first kappa shape index (κ1) is 19.4. The Morgan fingerprint density at radius 3 is 2.17 bits per heavy atom. The van der Waals surface area contributed by atoms with Crippen molar-refractivity contribution in [3.63, 3.8) is 0 Å². The van der Waals surface area contributed by atoms with Crippen LogP contribution in [0.5, 0.6) is 0 Å². The third-order valence-electron chi connectivity index (χ3n) is 2.28. The molecule has 0 aliphatic heterocycles. The second-order valence-corrected chi connectivity index (χ2v) is 4.39. The lowest BCUT2D eigenvalue weighted by Gasteiger charge is -2.05. The van der Waals surface area contributed by atoms with E-state index in [-0.39, 0.29) is 0 Å². The largest absolute Gasteiger partial charge is 0.490 e. The molecule has 130 valence electrons. The molecule has 0 radical (unpaired) electrons. The normalized spacial score (nSPS) is 11.9. The molecular weight excluding hydrogens is 360 g/mol. The van der Waals surface area contributed by atoms with Crippen LogP contribution in [0.15, 0.2) is 30.6 Å². The molecule has 0 saturated carbocycles. The van der Waals surface area contributed by atoms with E-state index >= 15 is 0 Å². The van der Waals surface area contributed by atoms with E-state index in [1.165, 1.54) is 6.33 Å². The van der Waals surface area contributed by atoms with Crippen molar-refractivity contribution in [3.8, 4) is 11.4 Å². The van der Waals surface area contributed by atoms with Crippen LogP contribution in [0.2, 0.25) is 0 Å². The summed E-state index contributed by atoms with van der Waals surface area (Å²) < 4.78 is 44.1. The Hall–Kier alpha value is -2.69. The molecule has 1 unspecified atom stereocenters. The summed E-state index contributed by atoms with van der Waals surface area (Å²) in [7, 11) is 0. The van der Waals surface area contributed by atoms with Gasteiger partial charge in [0.1, 0.15) is 6.33 Å². The summed E-state index contributed by atoms with van der Waals surface area (Å²) in [5.74, 6) is -3.03. The Bertz CT molecular complexity index is 675. The van der Waals surface area contributed by atoms with Gasteiger partial charge in [-0.2, -0.15) is 18.3 Å². The molecule has 1 aromatic carbocycles. The number of hydrogen-bond acceptors (Lipinski definition) is 4. The number of nitrogens with zero attached hydrogens (tertiary/aromatic N) is 2. The molecule has 1 atom stereocenters. The molecule has 2 aromatic rings. The van der Waals surface area contributed by atoms with Crippen molar-refractivity contribution in [2.24, 2.45) is 0 Å². The number of aliphatic carboxylic acids is 1. The van der Waals surface area contributed by atoms with Crippen LogP contribution in [0.4, 0.5) is 23.2 Å². The highest BCUT2D eigenvalue weighted by atomic mass is 35.5. The number of aromatic nitrogens is 3. The van der Waals surface area contributed by atoms with Gasteiger partial charge in [0.05, 0.1) is 0 Å². The molecule has 0 fully saturated rings. The van der Waals surface area contributed by atoms with Gasteiger partial charge in [-0.05, 0) is 24.3 Å². The third kappa shape index (κ3) is 6.20. The molecule has 12 heteroatoms.